The molecule has 6 heteroatoms. The largest absolute Gasteiger partial charge is 0.489 e. The van der Waals surface area contributed by atoms with Gasteiger partial charge in [-0.25, -0.2) is 5.48 Å². The van der Waals surface area contributed by atoms with Crippen LogP contribution in [-0.2, 0) is 0 Å². The first kappa shape index (κ1) is 22.6. The Morgan fingerprint density at radius 2 is 1.82 bits per heavy atom. The summed E-state index contributed by atoms with van der Waals surface area (Å²) in [5.41, 5.74) is 4.21. The predicted octanol–water partition coefficient (Wildman–Crippen LogP) is 4.25. The highest BCUT2D eigenvalue weighted by atomic mass is 16.5. The van der Waals surface area contributed by atoms with Crippen LogP contribution >= 0.6 is 0 Å². The van der Waals surface area contributed by atoms with Crippen molar-refractivity contribution >= 4 is 22.8 Å². The zero-order valence-corrected chi connectivity index (χ0v) is 19.2. The van der Waals surface area contributed by atoms with Gasteiger partial charge in [0.25, 0.3) is 5.91 Å². The number of fused-ring (bicyclic) bond motifs is 1. The number of hydroxylamine groups is 1. The summed E-state index contributed by atoms with van der Waals surface area (Å²) in [5.74, 6) is 0.359. The second kappa shape index (κ2) is 10.4. The maximum Gasteiger partial charge on any atom is 0.274 e. The summed E-state index contributed by atoms with van der Waals surface area (Å²) >= 11 is 0. The zero-order chi connectivity index (χ0) is 23.3. The van der Waals surface area contributed by atoms with Gasteiger partial charge in [0.2, 0.25) is 0 Å². The normalized spacial score (nSPS) is 18.9. The quantitative estimate of drug-likeness (QED) is 0.331. The molecule has 1 atom stereocenters. The van der Waals surface area contributed by atoms with E-state index in [0.717, 1.165) is 46.8 Å². The SMILES string of the molecule is O=C(NO)c1ccc(/C=C(/CNC2CCN(C3CC3)C2)COc2cccc3ccccc23)cc1. The van der Waals surface area contributed by atoms with Crippen LogP contribution in [0.15, 0.2) is 72.3 Å². The second-order valence-electron chi connectivity index (χ2n) is 9.22. The highest BCUT2D eigenvalue weighted by molar-refractivity contribution is 5.93. The second-order valence-corrected chi connectivity index (χ2v) is 9.22. The molecule has 1 unspecified atom stereocenters. The molecule has 1 aliphatic heterocycles. The summed E-state index contributed by atoms with van der Waals surface area (Å²) in [7, 11) is 0. The van der Waals surface area contributed by atoms with Gasteiger partial charge in [-0.15, -0.1) is 0 Å². The van der Waals surface area contributed by atoms with E-state index in [9.17, 15) is 4.79 Å². The number of hydrogen-bond acceptors (Lipinski definition) is 5. The van der Waals surface area contributed by atoms with Gasteiger partial charge in [0.05, 0.1) is 0 Å². The van der Waals surface area contributed by atoms with Crippen molar-refractivity contribution in [1.29, 1.82) is 0 Å². The Kier molecular flexibility index (Phi) is 6.90. The molecule has 3 aromatic carbocycles. The van der Waals surface area contributed by atoms with Crippen LogP contribution in [0, 0.1) is 0 Å². The number of benzene rings is 3. The first-order valence-corrected chi connectivity index (χ1v) is 12.0. The Morgan fingerprint density at radius 1 is 1.03 bits per heavy atom. The average molecular weight is 458 g/mol. The molecule has 0 radical (unpaired) electrons. The van der Waals surface area contributed by atoms with Gasteiger partial charge < -0.3 is 10.1 Å². The summed E-state index contributed by atoms with van der Waals surface area (Å²) < 4.78 is 6.30. The third-order valence-electron chi connectivity index (χ3n) is 6.71. The van der Waals surface area contributed by atoms with Gasteiger partial charge in [0.1, 0.15) is 12.4 Å². The van der Waals surface area contributed by atoms with E-state index in [1.807, 2.05) is 36.4 Å². The Hall–Kier alpha value is -3.19. The Balaban J connectivity index is 1.30. The number of carbonyl (C=O) groups excluding carboxylic acids is 1. The van der Waals surface area contributed by atoms with E-state index >= 15 is 0 Å². The Bertz CT molecular complexity index is 1170. The van der Waals surface area contributed by atoms with Gasteiger partial charge in [-0.3, -0.25) is 14.9 Å². The highest BCUT2D eigenvalue weighted by Crippen LogP contribution is 2.30. The van der Waals surface area contributed by atoms with Crippen molar-refractivity contribution in [3.8, 4) is 5.75 Å². The van der Waals surface area contributed by atoms with Gasteiger partial charge in [0, 0.05) is 42.7 Å². The predicted molar refractivity (Wildman–Crippen MR) is 134 cm³/mol. The maximum absolute atomic E-state index is 11.6. The van der Waals surface area contributed by atoms with E-state index in [-0.39, 0.29) is 0 Å². The minimum Gasteiger partial charge on any atom is -0.489 e. The van der Waals surface area contributed by atoms with Crippen molar-refractivity contribution in [1.82, 2.24) is 15.7 Å². The standard InChI is InChI=1S/C28H31N3O3/c32-28(30-33)23-10-8-20(9-11-23)16-21(17-29-24-14-15-31(18-24)25-12-13-25)19-34-27-7-3-5-22-4-1-2-6-26(22)27/h1-11,16,24-25,29,33H,12-15,17-19H2,(H,30,32)/b21-16-. The van der Waals surface area contributed by atoms with Crippen LogP contribution < -0.4 is 15.5 Å². The minimum absolute atomic E-state index is 0.414. The average Bonchev–Trinajstić information content (AvgIpc) is 3.63. The van der Waals surface area contributed by atoms with E-state index in [2.05, 4.69) is 34.5 Å². The molecular formula is C28H31N3O3. The maximum atomic E-state index is 11.6. The van der Waals surface area contributed by atoms with Crippen LogP contribution in [-0.4, -0.2) is 54.3 Å². The van der Waals surface area contributed by atoms with E-state index in [0.29, 0.717) is 18.2 Å². The molecule has 2 fully saturated rings. The van der Waals surface area contributed by atoms with E-state index in [1.165, 1.54) is 25.8 Å². The van der Waals surface area contributed by atoms with Crippen LogP contribution in [0.5, 0.6) is 5.75 Å². The third kappa shape index (κ3) is 5.47. The fourth-order valence-electron chi connectivity index (χ4n) is 4.67. The molecule has 6 nitrogen and oxygen atoms in total. The molecule has 1 saturated carbocycles. The number of likely N-dealkylation sites (tertiary alicyclic amines) is 1. The summed E-state index contributed by atoms with van der Waals surface area (Å²) in [6, 6.07) is 22.9. The highest BCUT2D eigenvalue weighted by Gasteiger charge is 2.34. The van der Waals surface area contributed by atoms with Gasteiger partial charge in [-0.2, -0.15) is 0 Å². The fourth-order valence-corrected chi connectivity index (χ4v) is 4.67. The van der Waals surface area contributed by atoms with Crippen molar-refractivity contribution < 1.29 is 14.7 Å². The molecule has 176 valence electrons. The fraction of sp³-hybridized carbons (Fsp3) is 0.321. The van der Waals surface area contributed by atoms with Gasteiger partial charge in [-0.05, 0) is 54.0 Å². The zero-order valence-electron chi connectivity index (χ0n) is 19.2. The molecule has 1 amide bonds. The summed E-state index contributed by atoms with van der Waals surface area (Å²) in [4.78, 5) is 14.2. The first-order valence-electron chi connectivity index (χ1n) is 12.0. The number of amides is 1. The van der Waals surface area contributed by atoms with Gasteiger partial charge in [-0.1, -0.05) is 54.6 Å². The lowest BCUT2D eigenvalue weighted by atomic mass is 10.1. The summed E-state index contributed by atoms with van der Waals surface area (Å²) in [6.45, 7) is 3.52. The number of hydrogen-bond donors (Lipinski definition) is 3. The van der Waals surface area contributed by atoms with Gasteiger partial charge in [0.15, 0.2) is 0 Å². The van der Waals surface area contributed by atoms with Crippen molar-refractivity contribution in [3.63, 3.8) is 0 Å². The van der Waals surface area contributed by atoms with Crippen LogP contribution in [0.4, 0.5) is 0 Å². The van der Waals surface area contributed by atoms with Gasteiger partial charge >= 0.3 is 0 Å². The van der Waals surface area contributed by atoms with Crippen molar-refractivity contribution in [3.05, 3.63) is 83.4 Å². The van der Waals surface area contributed by atoms with E-state index in [1.54, 1.807) is 17.6 Å². The minimum atomic E-state index is -0.516. The molecule has 2 aliphatic rings. The lowest BCUT2D eigenvalue weighted by Crippen LogP contribution is -2.35. The molecule has 0 bridgehead atoms. The molecule has 0 aromatic heterocycles. The third-order valence-corrected chi connectivity index (χ3v) is 6.71. The van der Waals surface area contributed by atoms with Crippen LogP contribution in [0.1, 0.15) is 35.2 Å². The molecule has 34 heavy (non-hydrogen) atoms. The van der Waals surface area contributed by atoms with Crippen LogP contribution in [0.25, 0.3) is 16.8 Å². The smallest absolute Gasteiger partial charge is 0.274 e. The Labute approximate surface area is 200 Å². The molecular weight excluding hydrogens is 426 g/mol. The summed E-state index contributed by atoms with van der Waals surface area (Å²) in [6.07, 6.45) is 5.99. The lowest BCUT2D eigenvalue weighted by Gasteiger charge is -2.18. The van der Waals surface area contributed by atoms with Crippen LogP contribution in [0.2, 0.25) is 0 Å². The number of nitrogens with zero attached hydrogens (tertiary/aromatic N) is 1. The molecule has 5 rings (SSSR count). The monoisotopic (exact) mass is 457 g/mol. The molecule has 1 aliphatic carbocycles. The molecule has 0 spiro atoms. The lowest BCUT2D eigenvalue weighted by molar-refractivity contribution is 0.0706. The van der Waals surface area contributed by atoms with Crippen LogP contribution in [0.3, 0.4) is 0 Å². The number of rotatable bonds is 9. The van der Waals surface area contributed by atoms with Crippen molar-refractivity contribution in [2.24, 2.45) is 0 Å². The first-order chi connectivity index (χ1) is 16.7. The topological polar surface area (TPSA) is 73.8 Å². The van der Waals surface area contributed by atoms with Crippen molar-refractivity contribution in [2.45, 2.75) is 31.3 Å². The van der Waals surface area contributed by atoms with Crippen molar-refractivity contribution in [2.75, 3.05) is 26.2 Å². The molecule has 3 aromatic rings. The number of carbonyl (C=O) groups is 1. The molecule has 1 saturated heterocycles. The molecule has 3 N–H and O–H groups in total. The van der Waals surface area contributed by atoms with E-state index < -0.39 is 5.91 Å². The molecule has 1 heterocycles. The number of nitrogens with one attached hydrogen (secondary N) is 2. The summed E-state index contributed by atoms with van der Waals surface area (Å²) in [5, 5.41) is 14.9. The van der Waals surface area contributed by atoms with E-state index in [4.69, 9.17) is 9.94 Å². The Morgan fingerprint density at radius 3 is 2.62 bits per heavy atom. The number of ether oxygens (including phenoxy) is 1.